The van der Waals surface area contributed by atoms with Crippen LogP contribution in [0.25, 0.3) is 11.3 Å². The molecule has 0 bridgehead atoms. The van der Waals surface area contributed by atoms with Crippen molar-refractivity contribution in [3.05, 3.63) is 75.6 Å². The smallest absolute Gasteiger partial charge is 0.242 e. The molecular weight excluding hydrogens is 414 g/mol. The molecular formula is C20H17BrClN3O. The average Bonchev–Trinajstić information content (AvgIpc) is 2.96. The highest BCUT2D eigenvalue weighted by Crippen LogP contribution is 2.30. The Morgan fingerprint density at radius 1 is 1.08 bits per heavy atom. The number of benzene rings is 2. The molecule has 2 aromatic carbocycles. The third-order valence-electron chi connectivity index (χ3n) is 4.62. The number of halogens is 2. The van der Waals surface area contributed by atoms with Gasteiger partial charge in [-0.05, 0) is 40.0 Å². The summed E-state index contributed by atoms with van der Waals surface area (Å²) in [5, 5.41) is 0.723. The lowest BCUT2D eigenvalue weighted by Gasteiger charge is -2.29. The zero-order valence-corrected chi connectivity index (χ0v) is 16.4. The summed E-state index contributed by atoms with van der Waals surface area (Å²) in [5.74, 6) is 0.109. The molecule has 0 N–H and O–H groups in total. The predicted molar refractivity (Wildman–Crippen MR) is 106 cm³/mol. The Kier molecular flexibility index (Phi) is 4.83. The summed E-state index contributed by atoms with van der Waals surface area (Å²) in [7, 11) is 0. The highest BCUT2D eigenvalue weighted by Gasteiger charge is 2.28. The molecule has 1 amide bonds. The molecule has 4 nitrogen and oxygen atoms in total. The van der Waals surface area contributed by atoms with Gasteiger partial charge in [0.25, 0.3) is 0 Å². The van der Waals surface area contributed by atoms with Crippen molar-refractivity contribution >= 4 is 33.4 Å². The molecule has 6 heteroatoms. The molecule has 132 valence electrons. The second-order valence-corrected chi connectivity index (χ2v) is 7.47. The van der Waals surface area contributed by atoms with Crippen LogP contribution in [0.5, 0.6) is 0 Å². The van der Waals surface area contributed by atoms with Gasteiger partial charge in [0.05, 0.1) is 17.9 Å². The predicted octanol–water partition coefficient (Wildman–Crippen LogP) is 4.55. The van der Waals surface area contributed by atoms with Crippen LogP contribution < -0.4 is 0 Å². The average molecular weight is 431 g/mol. The molecule has 1 aliphatic rings. The first-order valence-corrected chi connectivity index (χ1v) is 9.61. The van der Waals surface area contributed by atoms with Crippen molar-refractivity contribution < 1.29 is 4.79 Å². The van der Waals surface area contributed by atoms with Crippen molar-refractivity contribution in [2.24, 2.45) is 0 Å². The Bertz CT molecular complexity index is 955. The standard InChI is InChI=1S/C20H17BrClN3O/c21-20-23-19(15-6-2-1-3-7-15)17-12-24(18(26)13-25(17)20)10-9-14-5-4-8-16(22)11-14/h1-8,11H,9-10,12-13H2. The van der Waals surface area contributed by atoms with Crippen LogP contribution in [-0.4, -0.2) is 26.9 Å². The number of amides is 1. The van der Waals surface area contributed by atoms with Crippen molar-refractivity contribution in [1.82, 2.24) is 14.5 Å². The molecule has 2 heterocycles. The zero-order chi connectivity index (χ0) is 18.1. The second-order valence-electron chi connectivity index (χ2n) is 6.32. The van der Waals surface area contributed by atoms with Crippen LogP contribution in [0.2, 0.25) is 5.02 Å². The molecule has 0 spiro atoms. The van der Waals surface area contributed by atoms with Gasteiger partial charge >= 0.3 is 0 Å². The van der Waals surface area contributed by atoms with Crippen molar-refractivity contribution in [3.8, 4) is 11.3 Å². The summed E-state index contributed by atoms with van der Waals surface area (Å²) in [4.78, 5) is 19.1. The molecule has 0 radical (unpaired) electrons. The molecule has 0 unspecified atom stereocenters. The number of hydrogen-bond acceptors (Lipinski definition) is 2. The van der Waals surface area contributed by atoms with Crippen molar-refractivity contribution in [1.29, 1.82) is 0 Å². The van der Waals surface area contributed by atoms with E-state index in [2.05, 4.69) is 20.9 Å². The van der Waals surface area contributed by atoms with E-state index in [1.54, 1.807) is 0 Å². The maximum atomic E-state index is 12.6. The molecule has 1 aromatic heterocycles. The fourth-order valence-corrected chi connectivity index (χ4v) is 4.00. The number of rotatable bonds is 4. The van der Waals surface area contributed by atoms with Gasteiger partial charge < -0.3 is 9.47 Å². The Balaban J connectivity index is 1.58. The van der Waals surface area contributed by atoms with Gasteiger partial charge in [0, 0.05) is 17.1 Å². The summed E-state index contributed by atoms with van der Waals surface area (Å²) in [6.07, 6.45) is 0.780. The zero-order valence-electron chi connectivity index (χ0n) is 14.0. The van der Waals surface area contributed by atoms with E-state index >= 15 is 0 Å². The van der Waals surface area contributed by atoms with Crippen molar-refractivity contribution in [2.75, 3.05) is 6.54 Å². The summed E-state index contributed by atoms with van der Waals surface area (Å²) < 4.78 is 2.66. The van der Waals surface area contributed by atoms with Crippen LogP contribution in [0, 0.1) is 0 Å². The van der Waals surface area contributed by atoms with Crippen molar-refractivity contribution in [3.63, 3.8) is 0 Å². The van der Waals surface area contributed by atoms with E-state index in [0.717, 1.165) is 34.0 Å². The lowest BCUT2D eigenvalue weighted by Crippen LogP contribution is -2.40. The lowest BCUT2D eigenvalue weighted by molar-refractivity contribution is -0.134. The summed E-state index contributed by atoms with van der Waals surface area (Å²) in [6, 6.07) is 17.9. The highest BCUT2D eigenvalue weighted by molar-refractivity contribution is 9.10. The van der Waals surface area contributed by atoms with Crippen molar-refractivity contribution in [2.45, 2.75) is 19.5 Å². The number of hydrogen-bond donors (Lipinski definition) is 0. The van der Waals surface area contributed by atoms with Gasteiger partial charge in [-0.2, -0.15) is 0 Å². The Labute approximate surface area is 165 Å². The van der Waals surface area contributed by atoms with E-state index in [-0.39, 0.29) is 5.91 Å². The first kappa shape index (κ1) is 17.3. The SMILES string of the molecule is O=C1Cn2c(Br)nc(-c3ccccc3)c2CN1CCc1cccc(Cl)c1. The van der Waals surface area contributed by atoms with E-state index in [0.29, 0.717) is 24.4 Å². The van der Waals surface area contributed by atoms with Gasteiger partial charge in [0.15, 0.2) is 4.73 Å². The number of aromatic nitrogens is 2. The quantitative estimate of drug-likeness (QED) is 0.609. The minimum Gasteiger partial charge on any atom is -0.335 e. The topological polar surface area (TPSA) is 38.1 Å². The fourth-order valence-electron chi connectivity index (χ4n) is 3.27. The minimum atomic E-state index is 0.109. The normalized spacial score (nSPS) is 13.8. The van der Waals surface area contributed by atoms with Crippen LogP contribution in [-0.2, 0) is 24.3 Å². The summed E-state index contributed by atoms with van der Waals surface area (Å²) >= 11 is 9.55. The first-order valence-electron chi connectivity index (χ1n) is 8.44. The molecule has 1 aliphatic heterocycles. The highest BCUT2D eigenvalue weighted by atomic mass is 79.9. The third-order valence-corrected chi connectivity index (χ3v) is 5.46. The van der Waals surface area contributed by atoms with E-state index in [9.17, 15) is 4.79 Å². The summed E-state index contributed by atoms with van der Waals surface area (Å²) in [5.41, 5.74) is 4.19. The molecule has 3 aromatic rings. The van der Waals surface area contributed by atoms with Gasteiger partial charge in [-0.25, -0.2) is 4.98 Å². The molecule has 26 heavy (non-hydrogen) atoms. The number of fused-ring (bicyclic) bond motifs is 1. The van der Waals surface area contributed by atoms with Crippen LogP contribution in [0.3, 0.4) is 0 Å². The van der Waals surface area contributed by atoms with E-state index in [1.165, 1.54) is 0 Å². The van der Waals surface area contributed by atoms with Gasteiger partial charge in [0.2, 0.25) is 5.91 Å². The maximum absolute atomic E-state index is 12.6. The van der Waals surface area contributed by atoms with Gasteiger partial charge in [-0.1, -0.05) is 54.1 Å². The molecule has 0 fully saturated rings. The monoisotopic (exact) mass is 429 g/mol. The Morgan fingerprint density at radius 3 is 2.65 bits per heavy atom. The van der Waals surface area contributed by atoms with E-state index in [1.807, 2.05) is 64.1 Å². The number of carbonyl (C=O) groups is 1. The molecule has 0 saturated carbocycles. The molecule has 0 saturated heterocycles. The second kappa shape index (κ2) is 7.25. The Hall–Kier alpha value is -2.11. The maximum Gasteiger partial charge on any atom is 0.242 e. The van der Waals surface area contributed by atoms with Gasteiger partial charge in [-0.3, -0.25) is 4.79 Å². The third kappa shape index (κ3) is 3.41. The minimum absolute atomic E-state index is 0.109. The van der Waals surface area contributed by atoms with Crippen LogP contribution in [0.1, 0.15) is 11.3 Å². The number of carbonyl (C=O) groups excluding carboxylic acids is 1. The van der Waals surface area contributed by atoms with Crippen LogP contribution >= 0.6 is 27.5 Å². The fraction of sp³-hybridized carbons (Fsp3) is 0.200. The van der Waals surface area contributed by atoms with Crippen LogP contribution in [0.15, 0.2) is 59.3 Å². The van der Waals surface area contributed by atoms with E-state index < -0.39 is 0 Å². The Morgan fingerprint density at radius 2 is 1.88 bits per heavy atom. The van der Waals surface area contributed by atoms with E-state index in [4.69, 9.17) is 11.6 Å². The lowest BCUT2D eigenvalue weighted by atomic mass is 10.1. The first-order chi connectivity index (χ1) is 12.6. The van der Waals surface area contributed by atoms with Gasteiger partial charge in [-0.15, -0.1) is 0 Å². The molecule has 0 atom stereocenters. The van der Waals surface area contributed by atoms with Gasteiger partial charge in [0.1, 0.15) is 6.54 Å². The molecule has 4 rings (SSSR count). The summed E-state index contributed by atoms with van der Waals surface area (Å²) in [6.45, 7) is 1.53. The number of imidazole rings is 1. The largest absolute Gasteiger partial charge is 0.335 e. The molecule has 0 aliphatic carbocycles. The number of nitrogens with zero attached hydrogens (tertiary/aromatic N) is 3. The van der Waals surface area contributed by atoms with Crippen LogP contribution in [0.4, 0.5) is 0 Å².